The molecule has 6 nitrogen and oxygen atoms in total. The summed E-state index contributed by atoms with van der Waals surface area (Å²) in [4.78, 5) is 3.79. The molecule has 0 radical (unpaired) electrons. The Morgan fingerprint density at radius 3 is 2.43 bits per heavy atom. The van der Waals surface area contributed by atoms with E-state index in [9.17, 15) is 16.8 Å². The van der Waals surface area contributed by atoms with Crippen molar-refractivity contribution >= 4 is 40.5 Å². The van der Waals surface area contributed by atoms with Crippen LogP contribution in [-0.2, 0) is 18.9 Å². The van der Waals surface area contributed by atoms with Gasteiger partial charge in [0.25, 0.3) is 0 Å². The van der Waals surface area contributed by atoms with Crippen molar-refractivity contribution in [3.8, 4) is 6.07 Å². The lowest BCUT2D eigenvalue weighted by atomic mass is 10.2. The molecule has 0 N–H and O–H groups in total. The normalized spacial score (nSPS) is 12.2. The van der Waals surface area contributed by atoms with Crippen LogP contribution in [0.5, 0.6) is 0 Å². The Kier molecular flexibility index (Phi) is 4.18. The van der Waals surface area contributed by atoms with Crippen LogP contribution in [0.2, 0.25) is 0 Å². The number of rotatable bonds is 4. The number of hydrogen-bond donors (Lipinski definition) is 0. The van der Waals surface area contributed by atoms with E-state index in [1.54, 1.807) is 24.3 Å². The maximum Gasteiger partial charge on any atom is 0.233 e. The second kappa shape index (κ2) is 5.60. The highest BCUT2D eigenvalue weighted by Gasteiger charge is 2.24. The molecule has 110 valence electrons. The van der Waals surface area contributed by atoms with Crippen LogP contribution in [0.3, 0.4) is 0 Å². The van der Waals surface area contributed by atoms with E-state index < -0.39 is 30.4 Å². The fourth-order valence-corrected chi connectivity index (χ4v) is 5.23. The average Bonchev–Trinajstić information content (AvgIpc) is 2.43. The Morgan fingerprint density at radius 2 is 1.81 bits per heavy atom. The molecule has 2 rings (SSSR count). The highest BCUT2D eigenvalue weighted by atomic mass is 35.7. The first kappa shape index (κ1) is 15.7. The van der Waals surface area contributed by atoms with E-state index in [0.29, 0.717) is 5.52 Å². The zero-order valence-electron chi connectivity index (χ0n) is 10.5. The highest BCUT2D eigenvalue weighted by Crippen LogP contribution is 2.26. The molecule has 0 bridgehead atoms. The van der Waals surface area contributed by atoms with Crippen LogP contribution in [0.25, 0.3) is 10.9 Å². The molecule has 21 heavy (non-hydrogen) atoms. The van der Waals surface area contributed by atoms with Gasteiger partial charge in [-0.2, -0.15) is 5.26 Å². The van der Waals surface area contributed by atoms with Gasteiger partial charge >= 0.3 is 0 Å². The molecule has 0 saturated heterocycles. The molecule has 0 spiro atoms. The molecule has 1 heterocycles. The molecule has 0 aliphatic carbocycles. The fourth-order valence-electron chi connectivity index (χ4n) is 1.84. The van der Waals surface area contributed by atoms with E-state index in [1.165, 1.54) is 6.07 Å². The maximum atomic E-state index is 12.4. The largest absolute Gasteiger partial charge is 0.255 e. The third-order valence-electron chi connectivity index (χ3n) is 2.75. The quantitative estimate of drug-likeness (QED) is 0.777. The van der Waals surface area contributed by atoms with E-state index in [4.69, 9.17) is 15.9 Å². The molecule has 0 amide bonds. The van der Waals surface area contributed by atoms with Gasteiger partial charge in [-0.25, -0.2) is 16.8 Å². The first-order valence-corrected chi connectivity index (χ1v) is 9.80. The number of nitriles is 1. The van der Waals surface area contributed by atoms with Crippen LogP contribution in [0, 0.1) is 11.3 Å². The number of hydrogen-bond acceptors (Lipinski definition) is 6. The lowest BCUT2D eigenvalue weighted by Gasteiger charge is -2.08. The van der Waals surface area contributed by atoms with Gasteiger partial charge in [-0.1, -0.05) is 18.2 Å². The summed E-state index contributed by atoms with van der Waals surface area (Å²) in [5.74, 6) is -1.42. The lowest BCUT2D eigenvalue weighted by molar-refractivity contribution is 0.593. The van der Waals surface area contributed by atoms with Gasteiger partial charge in [0.15, 0.2) is 9.84 Å². The Labute approximate surface area is 126 Å². The number of benzene rings is 1. The standard InChI is InChI=1S/C12H9ClN2O4S2/c13-21(18,19)6-5-20(16,17)12-9(7-14)8-15-11-4-2-1-3-10(11)12/h1-4,8H,5-6H2. The minimum Gasteiger partial charge on any atom is -0.255 e. The minimum atomic E-state index is -3.99. The number of para-hydroxylation sites is 1. The van der Waals surface area contributed by atoms with E-state index in [0.717, 1.165) is 6.20 Å². The number of halogens is 1. The Bertz CT molecular complexity index is 947. The second-order valence-electron chi connectivity index (χ2n) is 4.19. The van der Waals surface area contributed by atoms with E-state index in [-0.39, 0.29) is 15.8 Å². The van der Waals surface area contributed by atoms with Crippen LogP contribution < -0.4 is 0 Å². The topological polar surface area (TPSA) is 105 Å². The first-order chi connectivity index (χ1) is 9.74. The van der Waals surface area contributed by atoms with Crippen LogP contribution in [0.1, 0.15) is 5.56 Å². The molecule has 1 aromatic heterocycles. The van der Waals surface area contributed by atoms with Crippen LogP contribution in [0.4, 0.5) is 0 Å². The average molecular weight is 345 g/mol. The van der Waals surface area contributed by atoms with Crippen molar-refractivity contribution in [3.63, 3.8) is 0 Å². The number of aromatic nitrogens is 1. The van der Waals surface area contributed by atoms with E-state index in [1.807, 2.05) is 0 Å². The molecule has 9 heteroatoms. The summed E-state index contributed by atoms with van der Waals surface area (Å²) in [6, 6.07) is 8.19. The second-order valence-corrected chi connectivity index (χ2v) is 9.13. The molecule has 0 aliphatic heterocycles. The predicted octanol–water partition coefficient (Wildman–Crippen LogP) is 1.45. The zero-order valence-corrected chi connectivity index (χ0v) is 12.9. The van der Waals surface area contributed by atoms with Crippen molar-refractivity contribution in [2.75, 3.05) is 11.5 Å². The molecule has 0 atom stereocenters. The van der Waals surface area contributed by atoms with Gasteiger partial charge < -0.3 is 0 Å². The summed E-state index contributed by atoms with van der Waals surface area (Å²) in [5, 5.41) is 9.35. The summed E-state index contributed by atoms with van der Waals surface area (Å²) in [7, 11) is -2.88. The molecule has 0 unspecified atom stereocenters. The Balaban J connectivity index is 2.67. The minimum absolute atomic E-state index is 0.124. The smallest absolute Gasteiger partial charge is 0.233 e. The van der Waals surface area contributed by atoms with Crippen molar-refractivity contribution in [2.45, 2.75) is 4.90 Å². The summed E-state index contributed by atoms with van der Waals surface area (Å²) < 4.78 is 46.6. The number of sulfone groups is 1. The van der Waals surface area contributed by atoms with Crippen molar-refractivity contribution in [2.24, 2.45) is 0 Å². The number of nitrogens with zero attached hydrogens (tertiary/aromatic N) is 2. The third-order valence-corrected chi connectivity index (χ3v) is 5.97. The Hall–Kier alpha value is -1.69. The fraction of sp³-hybridized carbons (Fsp3) is 0.167. The molecule has 2 aromatic rings. The van der Waals surface area contributed by atoms with Crippen molar-refractivity contribution in [1.82, 2.24) is 4.98 Å². The molecule has 0 aliphatic rings. The summed E-state index contributed by atoms with van der Waals surface area (Å²) in [5.41, 5.74) is 0.282. The molecule has 0 fully saturated rings. The molecular weight excluding hydrogens is 336 g/mol. The van der Waals surface area contributed by atoms with Gasteiger partial charge in [-0.15, -0.1) is 0 Å². The predicted molar refractivity (Wildman–Crippen MR) is 78.2 cm³/mol. The molecular formula is C12H9ClN2O4S2. The highest BCUT2D eigenvalue weighted by molar-refractivity contribution is 8.14. The van der Waals surface area contributed by atoms with Gasteiger partial charge in [0, 0.05) is 22.3 Å². The van der Waals surface area contributed by atoms with Gasteiger partial charge in [-0.05, 0) is 6.07 Å². The van der Waals surface area contributed by atoms with Crippen molar-refractivity contribution in [1.29, 1.82) is 5.26 Å². The first-order valence-electron chi connectivity index (χ1n) is 5.67. The SMILES string of the molecule is N#Cc1cnc2ccccc2c1S(=O)(=O)CCS(=O)(=O)Cl. The van der Waals surface area contributed by atoms with Crippen LogP contribution in [-0.4, -0.2) is 33.3 Å². The number of fused-ring (bicyclic) bond motifs is 1. The van der Waals surface area contributed by atoms with Crippen LogP contribution >= 0.6 is 10.7 Å². The summed E-state index contributed by atoms with van der Waals surface area (Å²) >= 11 is 0. The molecule has 0 saturated carbocycles. The van der Waals surface area contributed by atoms with Gasteiger partial charge in [0.2, 0.25) is 9.05 Å². The Morgan fingerprint density at radius 1 is 1.14 bits per heavy atom. The van der Waals surface area contributed by atoms with E-state index >= 15 is 0 Å². The molecule has 1 aromatic carbocycles. The number of pyridine rings is 1. The zero-order chi connectivity index (χ0) is 15.7. The van der Waals surface area contributed by atoms with Gasteiger partial charge in [0.05, 0.1) is 27.5 Å². The van der Waals surface area contributed by atoms with Crippen molar-refractivity contribution < 1.29 is 16.8 Å². The summed E-state index contributed by atoms with van der Waals surface area (Å²) in [6.45, 7) is 0. The maximum absolute atomic E-state index is 12.4. The van der Waals surface area contributed by atoms with Crippen LogP contribution in [0.15, 0.2) is 35.4 Å². The lowest BCUT2D eigenvalue weighted by Crippen LogP contribution is -2.16. The van der Waals surface area contributed by atoms with Gasteiger partial charge in [-0.3, -0.25) is 4.98 Å². The van der Waals surface area contributed by atoms with E-state index in [2.05, 4.69) is 4.98 Å². The monoisotopic (exact) mass is 344 g/mol. The van der Waals surface area contributed by atoms with Crippen molar-refractivity contribution in [3.05, 3.63) is 36.0 Å². The summed E-state index contributed by atoms with van der Waals surface area (Å²) in [6.07, 6.45) is 1.16. The van der Waals surface area contributed by atoms with Gasteiger partial charge in [0.1, 0.15) is 6.07 Å². The third kappa shape index (κ3) is 3.50.